The number of hydrogen-bond donors (Lipinski definition) is 0. The van der Waals surface area contributed by atoms with E-state index < -0.39 is 11.7 Å². The molecule has 0 radical (unpaired) electrons. The molecule has 0 spiro atoms. The summed E-state index contributed by atoms with van der Waals surface area (Å²) >= 11 is 0. The van der Waals surface area contributed by atoms with E-state index in [1.165, 1.54) is 0 Å². The molecular weight excluding hydrogens is 192 g/mol. The van der Waals surface area contributed by atoms with Crippen molar-refractivity contribution in [2.45, 2.75) is 18.6 Å². The van der Waals surface area contributed by atoms with Gasteiger partial charge in [-0.1, -0.05) is 30.3 Å². The van der Waals surface area contributed by atoms with Gasteiger partial charge in [-0.3, -0.25) is 0 Å². The third kappa shape index (κ3) is 1.80. The minimum atomic E-state index is -0.711. The highest BCUT2D eigenvalue weighted by Crippen LogP contribution is 2.30. The zero-order valence-corrected chi connectivity index (χ0v) is 8.68. The third-order valence-electron chi connectivity index (χ3n) is 2.75. The smallest absolute Gasteiger partial charge is 0.173 e. The molecule has 1 atom stereocenters. The van der Waals surface area contributed by atoms with Crippen molar-refractivity contribution in [3.63, 3.8) is 0 Å². The second-order valence-corrected chi connectivity index (χ2v) is 3.84. The Bertz CT molecular complexity index is 330. The molecular formula is C12H14O3. The average molecular weight is 206 g/mol. The van der Waals surface area contributed by atoms with E-state index in [2.05, 4.69) is 0 Å². The summed E-state index contributed by atoms with van der Waals surface area (Å²) in [5.74, 6) is 0. The van der Waals surface area contributed by atoms with Crippen LogP contribution in [0.5, 0.6) is 0 Å². The molecule has 1 aliphatic rings. The van der Waals surface area contributed by atoms with Gasteiger partial charge >= 0.3 is 0 Å². The Morgan fingerprint density at radius 3 is 2.40 bits per heavy atom. The predicted octanol–water partition coefficient (Wildman–Crippen LogP) is 1.52. The first-order chi connectivity index (χ1) is 7.27. The quantitative estimate of drug-likeness (QED) is 0.703. The molecule has 1 saturated heterocycles. The van der Waals surface area contributed by atoms with Crippen molar-refractivity contribution in [1.82, 2.24) is 0 Å². The van der Waals surface area contributed by atoms with Crippen molar-refractivity contribution >= 4 is 6.29 Å². The number of rotatable bonds is 3. The molecule has 3 heteroatoms. The average Bonchev–Trinajstić information content (AvgIpc) is 2.83. The summed E-state index contributed by atoms with van der Waals surface area (Å²) in [5.41, 5.74) is 0.213. The maximum absolute atomic E-state index is 11.3. The molecule has 1 aromatic carbocycles. The summed E-state index contributed by atoms with van der Waals surface area (Å²) < 4.78 is 10.8. The predicted molar refractivity (Wildman–Crippen MR) is 55.6 cm³/mol. The Kier molecular flexibility index (Phi) is 2.84. The van der Waals surface area contributed by atoms with Gasteiger partial charge in [0.2, 0.25) is 0 Å². The molecule has 0 saturated carbocycles. The molecule has 1 fully saturated rings. The van der Waals surface area contributed by atoms with Gasteiger partial charge in [0.15, 0.2) is 6.29 Å². The van der Waals surface area contributed by atoms with Gasteiger partial charge in [-0.2, -0.15) is 0 Å². The molecule has 0 N–H and O–H groups in total. The lowest BCUT2D eigenvalue weighted by Crippen LogP contribution is -2.39. The van der Waals surface area contributed by atoms with Crippen molar-refractivity contribution in [1.29, 1.82) is 0 Å². The number of carbonyl (C=O) groups is 1. The minimum Gasteiger partial charge on any atom is -0.349 e. The van der Waals surface area contributed by atoms with Crippen LogP contribution in [0.1, 0.15) is 12.5 Å². The van der Waals surface area contributed by atoms with Crippen LogP contribution in [0.25, 0.3) is 0 Å². The van der Waals surface area contributed by atoms with Gasteiger partial charge in [0.25, 0.3) is 0 Å². The van der Waals surface area contributed by atoms with Gasteiger partial charge in [-0.15, -0.1) is 0 Å². The standard InChI is InChI=1S/C12H14O3/c1-12(9-13,11-14-7-8-15-11)10-5-3-2-4-6-10/h2-6,9,11H,7-8H2,1H3. The fraction of sp³-hybridized carbons (Fsp3) is 0.417. The fourth-order valence-corrected chi connectivity index (χ4v) is 1.76. The number of aldehydes is 1. The number of carbonyl (C=O) groups excluding carboxylic acids is 1. The highest BCUT2D eigenvalue weighted by Gasteiger charge is 2.39. The molecule has 80 valence electrons. The van der Waals surface area contributed by atoms with Gasteiger partial charge in [0, 0.05) is 0 Å². The molecule has 1 unspecified atom stereocenters. The van der Waals surface area contributed by atoms with Crippen molar-refractivity contribution in [3.8, 4) is 0 Å². The van der Waals surface area contributed by atoms with Crippen LogP contribution in [0, 0.1) is 0 Å². The van der Waals surface area contributed by atoms with Gasteiger partial charge in [0.05, 0.1) is 18.6 Å². The maximum Gasteiger partial charge on any atom is 0.173 e. The summed E-state index contributed by atoms with van der Waals surface area (Å²) in [7, 11) is 0. The fourth-order valence-electron chi connectivity index (χ4n) is 1.76. The second kappa shape index (κ2) is 4.13. The molecule has 15 heavy (non-hydrogen) atoms. The SMILES string of the molecule is CC(C=O)(c1ccccc1)C1OCCO1. The minimum absolute atomic E-state index is 0.461. The first-order valence-corrected chi connectivity index (χ1v) is 5.02. The molecule has 1 aromatic rings. The van der Waals surface area contributed by atoms with Crippen LogP contribution in [0.4, 0.5) is 0 Å². The zero-order valence-electron chi connectivity index (χ0n) is 8.68. The van der Waals surface area contributed by atoms with E-state index in [-0.39, 0.29) is 0 Å². The highest BCUT2D eigenvalue weighted by molar-refractivity contribution is 5.68. The van der Waals surface area contributed by atoms with E-state index in [1.807, 2.05) is 37.3 Å². The van der Waals surface area contributed by atoms with Crippen molar-refractivity contribution < 1.29 is 14.3 Å². The van der Waals surface area contributed by atoms with E-state index >= 15 is 0 Å². The lowest BCUT2D eigenvalue weighted by molar-refractivity contribution is -0.132. The Morgan fingerprint density at radius 1 is 1.27 bits per heavy atom. The Labute approximate surface area is 89.0 Å². The van der Waals surface area contributed by atoms with Gasteiger partial charge in [-0.05, 0) is 12.5 Å². The largest absolute Gasteiger partial charge is 0.349 e. The highest BCUT2D eigenvalue weighted by atomic mass is 16.7. The summed E-state index contributed by atoms with van der Waals surface area (Å²) in [4.78, 5) is 11.3. The molecule has 3 nitrogen and oxygen atoms in total. The van der Waals surface area contributed by atoms with Gasteiger partial charge in [-0.25, -0.2) is 0 Å². The molecule has 0 bridgehead atoms. The van der Waals surface area contributed by atoms with Crippen LogP contribution in [0.15, 0.2) is 30.3 Å². The molecule has 0 aromatic heterocycles. The number of hydrogen-bond acceptors (Lipinski definition) is 3. The molecule has 0 amide bonds. The lowest BCUT2D eigenvalue weighted by Gasteiger charge is -2.28. The van der Waals surface area contributed by atoms with Crippen molar-refractivity contribution in [2.75, 3.05) is 13.2 Å². The molecule has 2 rings (SSSR count). The van der Waals surface area contributed by atoms with E-state index in [1.54, 1.807) is 0 Å². The second-order valence-electron chi connectivity index (χ2n) is 3.84. The van der Waals surface area contributed by atoms with Crippen LogP contribution >= 0.6 is 0 Å². The first-order valence-electron chi connectivity index (χ1n) is 5.02. The van der Waals surface area contributed by atoms with E-state index in [4.69, 9.17) is 9.47 Å². The topological polar surface area (TPSA) is 35.5 Å². The monoisotopic (exact) mass is 206 g/mol. The normalized spacial score (nSPS) is 21.1. The molecule has 1 aliphatic heterocycles. The van der Waals surface area contributed by atoms with Crippen LogP contribution < -0.4 is 0 Å². The van der Waals surface area contributed by atoms with Crippen molar-refractivity contribution in [3.05, 3.63) is 35.9 Å². The Morgan fingerprint density at radius 2 is 1.87 bits per heavy atom. The lowest BCUT2D eigenvalue weighted by atomic mass is 9.83. The summed E-state index contributed by atoms with van der Waals surface area (Å²) in [6.07, 6.45) is 0.440. The van der Waals surface area contributed by atoms with Crippen LogP contribution in [0.2, 0.25) is 0 Å². The maximum atomic E-state index is 11.3. The third-order valence-corrected chi connectivity index (χ3v) is 2.75. The van der Waals surface area contributed by atoms with E-state index in [0.29, 0.717) is 13.2 Å². The summed E-state index contributed by atoms with van der Waals surface area (Å²) in [6, 6.07) is 9.57. The molecule has 1 heterocycles. The summed E-state index contributed by atoms with van der Waals surface area (Å²) in [5, 5.41) is 0. The van der Waals surface area contributed by atoms with E-state index in [9.17, 15) is 4.79 Å². The van der Waals surface area contributed by atoms with Crippen LogP contribution in [-0.4, -0.2) is 25.8 Å². The molecule has 0 aliphatic carbocycles. The number of ether oxygens (including phenoxy) is 2. The Hall–Kier alpha value is -1.19. The van der Waals surface area contributed by atoms with Crippen LogP contribution in [-0.2, 0) is 19.7 Å². The van der Waals surface area contributed by atoms with Crippen LogP contribution in [0.3, 0.4) is 0 Å². The Balaban J connectivity index is 2.32. The van der Waals surface area contributed by atoms with Gasteiger partial charge in [0.1, 0.15) is 6.29 Å². The zero-order chi connectivity index (χ0) is 10.7. The first kappa shape index (κ1) is 10.3. The van der Waals surface area contributed by atoms with Gasteiger partial charge < -0.3 is 14.3 Å². The summed E-state index contributed by atoms with van der Waals surface area (Å²) in [6.45, 7) is 2.95. The van der Waals surface area contributed by atoms with Crippen molar-refractivity contribution in [2.24, 2.45) is 0 Å². The number of benzene rings is 1. The van der Waals surface area contributed by atoms with E-state index in [0.717, 1.165) is 11.8 Å².